The Labute approximate surface area is 179 Å². The highest BCUT2D eigenvalue weighted by molar-refractivity contribution is 5.78. The molecule has 0 bridgehead atoms. The average Bonchev–Trinajstić information content (AvgIpc) is 3.09. The summed E-state index contributed by atoms with van der Waals surface area (Å²) in [7, 11) is 1.89. The number of amides is 1. The first-order chi connectivity index (χ1) is 14.6. The number of hydrogen-bond acceptors (Lipinski definition) is 5. The van der Waals surface area contributed by atoms with Crippen LogP contribution in [0.15, 0.2) is 24.5 Å². The Morgan fingerprint density at radius 2 is 1.90 bits per heavy atom. The Kier molecular flexibility index (Phi) is 5.67. The molecule has 0 radical (unpaired) electrons. The van der Waals surface area contributed by atoms with Gasteiger partial charge in [-0.2, -0.15) is 18.3 Å². The van der Waals surface area contributed by atoms with E-state index in [0.29, 0.717) is 38.5 Å². The van der Waals surface area contributed by atoms with Crippen molar-refractivity contribution in [3.8, 4) is 0 Å². The van der Waals surface area contributed by atoms with Gasteiger partial charge in [-0.3, -0.25) is 14.4 Å². The molecule has 31 heavy (non-hydrogen) atoms. The summed E-state index contributed by atoms with van der Waals surface area (Å²) >= 11 is 0. The van der Waals surface area contributed by atoms with Gasteiger partial charge in [0.05, 0.1) is 17.8 Å². The lowest BCUT2D eigenvalue weighted by molar-refractivity contribution is -0.138. The fraction of sp³-hybridized carbons (Fsp3) is 0.571. The van der Waals surface area contributed by atoms with Crippen LogP contribution < -0.4 is 4.90 Å². The first-order valence-corrected chi connectivity index (χ1v) is 10.4. The Balaban J connectivity index is 1.38. The van der Waals surface area contributed by atoms with E-state index >= 15 is 0 Å². The topological polar surface area (TPSA) is 57.5 Å². The van der Waals surface area contributed by atoms with Crippen molar-refractivity contribution in [1.29, 1.82) is 0 Å². The molecular weight excluding hydrogens is 409 g/mol. The maximum Gasteiger partial charge on any atom is 0.417 e. The number of alkyl halides is 3. The van der Waals surface area contributed by atoms with Gasteiger partial charge in [-0.1, -0.05) is 0 Å². The summed E-state index contributed by atoms with van der Waals surface area (Å²) < 4.78 is 40.2. The van der Waals surface area contributed by atoms with E-state index in [2.05, 4.69) is 15.0 Å². The van der Waals surface area contributed by atoms with Crippen molar-refractivity contribution in [3.63, 3.8) is 0 Å². The van der Waals surface area contributed by atoms with Gasteiger partial charge in [0, 0.05) is 69.7 Å². The maximum atomic E-state index is 13.0. The number of carbonyl (C=O) groups is 1. The van der Waals surface area contributed by atoms with Crippen LogP contribution in [0.3, 0.4) is 0 Å². The van der Waals surface area contributed by atoms with Crippen molar-refractivity contribution in [2.24, 2.45) is 7.05 Å². The lowest BCUT2D eigenvalue weighted by atomic mass is 10.1. The molecule has 2 aliphatic rings. The van der Waals surface area contributed by atoms with Gasteiger partial charge in [-0.05, 0) is 26.0 Å². The fourth-order valence-corrected chi connectivity index (χ4v) is 4.52. The van der Waals surface area contributed by atoms with Gasteiger partial charge >= 0.3 is 6.18 Å². The monoisotopic (exact) mass is 436 g/mol. The van der Waals surface area contributed by atoms with E-state index < -0.39 is 11.7 Å². The van der Waals surface area contributed by atoms with Crippen molar-refractivity contribution in [1.82, 2.24) is 24.6 Å². The van der Waals surface area contributed by atoms with Gasteiger partial charge in [0.1, 0.15) is 5.82 Å². The number of rotatable bonds is 3. The number of hydrogen-bond donors (Lipinski definition) is 0. The number of carbonyl (C=O) groups excluding carboxylic acids is 1. The van der Waals surface area contributed by atoms with Gasteiger partial charge in [0.25, 0.3) is 0 Å². The first-order valence-electron chi connectivity index (χ1n) is 10.4. The SMILES string of the molecule is CC1CN(c2ccc(C(F)(F)F)cn2)CC(C)N1CC(=O)N1CCc2nn(C)cc2C1. The zero-order valence-corrected chi connectivity index (χ0v) is 17.9. The summed E-state index contributed by atoms with van der Waals surface area (Å²) in [5, 5.41) is 4.44. The summed E-state index contributed by atoms with van der Waals surface area (Å²) in [6.45, 7) is 6.85. The molecule has 4 heterocycles. The Bertz CT molecular complexity index is 930. The lowest BCUT2D eigenvalue weighted by Gasteiger charge is -2.45. The number of pyridine rings is 1. The molecule has 2 atom stereocenters. The van der Waals surface area contributed by atoms with Crippen LogP contribution in [0.25, 0.3) is 0 Å². The van der Waals surface area contributed by atoms with E-state index in [1.54, 1.807) is 4.68 Å². The average molecular weight is 436 g/mol. The molecule has 0 aliphatic carbocycles. The number of anilines is 1. The first kappa shape index (κ1) is 21.6. The summed E-state index contributed by atoms with van der Waals surface area (Å²) in [5.41, 5.74) is 1.41. The smallest absolute Gasteiger partial charge is 0.354 e. The second-order valence-corrected chi connectivity index (χ2v) is 8.52. The Morgan fingerprint density at radius 1 is 1.19 bits per heavy atom. The van der Waals surface area contributed by atoms with Crippen LogP contribution in [-0.4, -0.2) is 68.7 Å². The van der Waals surface area contributed by atoms with Gasteiger partial charge < -0.3 is 9.80 Å². The molecule has 1 amide bonds. The third-order valence-corrected chi connectivity index (χ3v) is 6.14. The van der Waals surface area contributed by atoms with E-state index in [0.717, 1.165) is 29.9 Å². The highest BCUT2D eigenvalue weighted by Gasteiger charge is 2.34. The largest absolute Gasteiger partial charge is 0.417 e. The minimum Gasteiger partial charge on any atom is -0.354 e. The fourth-order valence-electron chi connectivity index (χ4n) is 4.52. The quantitative estimate of drug-likeness (QED) is 0.739. The molecule has 0 spiro atoms. The second-order valence-electron chi connectivity index (χ2n) is 8.52. The number of piperazine rings is 1. The molecule has 1 saturated heterocycles. The van der Waals surface area contributed by atoms with Crippen molar-refractivity contribution in [2.75, 3.05) is 31.1 Å². The number of nitrogens with zero attached hydrogens (tertiary/aromatic N) is 6. The van der Waals surface area contributed by atoms with E-state index in [4.69, 9.17) is 0 Å². The molecule has 2 aliphatic heterocycles. The minimum absolute atomic E-state index is 0.0653. The molecule has 168 valence electrons. The van der Waals surface area contributed by atoms with Crippen LogP contribution in [0.4, 0.5) is 19.0 Å². The summed E-state index contributed by atoms with van der Waals surface area (Å²) in [6, 6.07) is 2.62. The van der Waals surface area contributed by atoms with Crippen LogP contribution in [0.1, 0.15) is 30.7 Å². The highest BCUT2D eigenvalue weighted by Crippen LogP contribution is 2.30. The molecule has 0 aromatic carbocycles. The lowest BCUT2D eigenvalue weighted by Crippen LogP contribution is -2.59. The van der Waals surface area contributed by atoms with Gasteiger partial charge in [-0.15, -0.1) is 0 Å². The van der Waals surface area contributed by atoms with Crippen LogP contribution in [0.5, 0.6) is 0 Å². The number of fused-ring (bicyclic) bond motifs is 1. The molecule has 10 heteroatoms. The van der Waals surface area contributed by atoms with Gasteiger partial charge in [0.15, 0.2) is 0 Å². The maximum absolute atomic E-state index is 13.0. The third kappa shape index (κ3) is 4.53. The molecule has 0 saturated carbocycles. The number of halogens is 3. The molecule has 7 nitrogen and oxygen atoms in total. The summed E-state index contributed by atoms with van der Waals surface area (Å²) in [5.74, 6) is 0.618. The molecule has 1 fully saturated rings. The molecular formula is C21H27F3N6O. The Hall–Kier alpha value is -2.62. The molecule has 0 N–H and O–H groups in total. The van der Waals surface area contributed by atoms with Gasteiger partial charge in [0.2, 0.25) is 5.91 Å². The van der Waals surface area contributed by atoms with E-state index in [1.807, 2.05) is 36.9 Å². The summed E-state index contributed by atoms with van der Waals surface area (Å²) in [6.07, 6.45) is -0.782. The van der Waals surface area contributed by atoms with Crippen LogP contribution >= 0.6 is 0 Å². The van der Waals surface area contributed by atoms with Crippen LogP contribution in [0, 0.1) is 0 Å². The number of aryl methyl sites for hydroxylation is 1. The van der Waals surface area contributed by atoms with E-state index in [-0.39, 0.29) is 18.0 Å². The van der Waals surface area contributed by atoms with Crippen molar-refractivity contribution in [3.05, 3.63) is 41.3 Å². The third-order valence-electron chi connectivity index (χ3n) is 6.14. The molecule has 2 aromatic heterocycles. The van der Waals surface area contributed by atoms with Crippen LogP contribution in [0.2, 0.25) is 0 Å². The van der Waals surface area contributed by atoms with E-state index in [9.17, 15) is 18.0 Å². The molecule has 4 rings (SSSR count). The highest BCUT2D eigenvalue weighted by atomic mass is 19.4. The van der Waals surface area contributed by atoms with Crippen molar-refractivity contribution >= 4 is 11.7 Å². The predicted octanol–water partition coefficient (Wildman–Crippen LogP) is 2.32. The van der Waals surface area contributed by atoms with Crippen molar-refractivity contribution in [2.45, 2.75) is 45.1 Å². The Morgan fingerprint density at radius 3 is 2.52 bits per heavy atom. The minimum atomic E-state index is -4.39. The molecule has 2 aromatic rings. The van der Waals surface area contributed by atoms with Crippen molar-refractivity contribution < 1.29 is 18.0 Å². The van der Waals surface area contributed by atoms with Gasteiger partial charge in [-0.25, -0.2) is 4.98 Å². The standard InChI is InChI=1S/C21H27F3N6O/c1-14-9-29(19-5-4-17(8-25-19)21(22,23)24)10-15(2)30(14)13-20(31)28-7-6-18-16(12-28)11-27(3)26-18/h4-5,8,11,14-15H,6-7,9-10,12-13H2,1-3H3. The number of aromatic nitrogens is 3. The molecule has 2 unspecified atom stereocenters. The van der Waals surface area contributed by atoms with E-state index in [1.165, 1.54) is 6.07 Å². The predicted molar refractivity (Wildman–Crippen MR) is 109 cm³/mol. The zero-order valence-electron chi connectivity index (χ0n) is 17.9. The zero-order chi connectivity index (χ0) is 22.3. The second kappa shape index (κ2) is 8.14. The van der Waals surface area contributed by atoms with Crippen LogP contribution in [-0.2, 0) is 31.0 Å². The normalized spacial score (nSPS) is 22.5. The summed E-state index contributed by atoms with van der Waals surface area (Å²) in [4.78, 5) is 23.0.